The number of benzene rings is 1. The minimum atomic E-state index is -1.79. The lowest BCUT2D eigenvalue weighted by Gasteiger charge is -2.42. The van der Waals surface area contributed by atoms with E-state index in [2.05, 4.69) is 91.0 Å². The predicted molar refractivity (Wildman–Crippen MR) is 104 cm³/mol. The van der Waals surface area contributed by atoms with Crippen molar-refractivity contribution in [3.63, 3.8) is 0 Å². The smallest absolute Gasteiger partial charge is 0.192 e. The minimum absolute atomic E-state index is 0.204. The Morgan fingerprint density at radius 2 is 1.70 bits per heavy atom. The van der Waals surface area contributed by atoms with Crippen molar-refractivity contribution in [2.45, 2.75) is 72.2 Å². The molecule has 0 amide bonds. The maximum atomic E-state index is 6.90. The second-order valence-corrected chi connectivity index (χ2v) is 14.2. The molecule has 1 aliphatic carbocycles. The van der Waals surface area contributed by atoms with Gasteiger partial charge in [-0.3, -0.25) is 0 Å². The summed E-state index contributed by atoms with van der Waals surface area (Å²) in [5, 5.41) is 0.243. The van der Waals surface area contributed by atoms with Crippen LogP contribution in [0.1, 0.15) is 53.5 Å². The highest BCUT2D eigenvalue weighted by atomic mass is 28.4. The zero-order valence-corrected chi connectivity index (χ0v) is 17.2. The Morgan fingerprint density at radius 1 is 1.13 bits per heavy atom. The van der Waals surface area contributed by atoms with E-state index in [1.807, 2.05) is 0 Å². The lowest BCUT2D eigenvalue weighted by molar-refractivity contribution is 0.113. The number of hydrogen-bond acceptors (Lipinski definition) is 1. The molecule has 2 rings (SSSR count). The second kappa shape index (κ2) is 6.21. The zero-order chi connectivity index (χ0) is 17.5. The monoisotopic (exact) mass is 330 g/mol. The molecule has 1 fully saturated rings. The summed E-state index contributed by atoms with van der Waals surface area (Å²) in [5.41, 5.74) is 2.97. The Hall–Kier alpha value is -0.863. The molecule has 1 aromatic carbocycles. The van der Waals surface area contributed by atoms with Gasteiger partial charge in [0, 0.05) is 0 Å². The molecule has 1 aromatic rings. The fourth-order valence-electron chi connectivity index (χ4n) is 3.38. The van der Waals surface area contributed by atoms with Crippen LogP contribution < -0.4 is 0 Å². The lowest BCUT2D eigenvalue weighted by atomic mass is 9.88. The summed E-state index contributed by atoms with van der Waals surface area (Å²) < 4.78 is 6.90. The highest BCUT2D eigenvalue weighted by molar-refractivity contribution is 6.74. The van der Waals surface area contributed by atoms with Gasteiger partial charge in [-0.25, -0.2) is 0 Å². The molecule has 1 aliphatic rings. The molecule has 0 bridgehead atoms. The van der Waals surface area contributed by atoms with E-state index in [1.54, 1.807) is 0 Å². The van der Waals surface area contributed by atoms with Crippen molar-refractivity contribution >= 4 is 14.4 Å². The largest absolute Gasteiger partial charge is 0.410 e. The quantitative estimate of drug-likeness (QED) is 0.573. The molecular formula is C21H34OSi. The number of rotatable bonds is 3. The van der Waals surface area contributed by atoms with E-state index in [4.69, 9.17) is 4.43 Å². The van der Waals surface area contributed by atoms with Crippen LogP contribution >= 0.6 is 0 Å². The molecule has 1 saturated carbocycles. The molecule has 2 heteroatoms. The standard InChI is InChI=1S/C21H34OSi/c1-16-15-21(5,6)19(22-23(7,8)20(2,3)4)18(16)14-17-12-10-9-11-13-17/h9-14,16,19H,15H2,1-8H3/b18-14+. The van der Waals surface area contributed by atoms with Gasteiger partial charge in [-0.2, -0.15) is 0 Å². The first-order valence-electron chi connectivity index (χ1n) is 8.88. The van der Waals surface area contributed by atoms with Crippen LogP contribution in [0.5, 0.6) is 0 Å². The van der Waals surface area contributed by atoms with Crippen molar-refractivity contribution in [1.29, 1.82) is 0 Å². The first-order chi connectivity index (χ1) is 10.4. The van der Waals surface area contributed by atoms with Gasteiger partial charge < -0.3 is 4.43 Å². The van der Waals surface area contributed by atoms with Crippen molar-refractivity contribution in [3.8, 4) is 0 Å². The highest BCUT2D eigenvalue weighted by Crippen LogP contribution is 2.50. The molecule has 0 aromatic heterocycles. The van der Waals surface area contributed by atoms with Gasteiger partial charge in [0.05, 0.1) is 6.10 Å². The maximum absolute atomic E-state index is 6.90. The third-order valence-corrected chi connectivity index (χ3v) is 10.2. The van der Waals surface area contributed by atoms with E-state index in [1.165, 1.54) is 17.6 Å². The molecule has 0 N–H and O–H groups in total. The Balaban J connectivity index is 2.38. The molecule has 0 saturated heterocycles. The Bertz CT molecular complexity index is 563. The molecule has 2 atom stereocenters. The van der Waals surface area contributed by atoms with Gasteiger partial charge in [0.25, 0.3) is 0 Å². The van der Waals surface area contributed by atoms with Crippen molar-refractivity contribution in [1.82, 2.24) is 0 Å². The van der Waals surface area contributed by atoms with Crippen molar-refractivity contribution in [3.05, 3.63) is 41.5 Å². The molecule has 0 spiro atoms. The third-order valence-electron chi connectivity index (χ3n) is 5.77. The van der Waals surface area contributed by atoms with Gasteiger partial charge >= 0.3 is 0 Å². The minimum Gasteiger partial charge on any atom is -0.410 e. The maximum Gasteiger partial charge on any atom is 0.192 e. The van der Waals surface area contributed by atoms with Crippen LogP contribution in [0.2, 0.25) is 18.1 Å². The number of hydrogen-bond donors (Lipinski definition) is 0. The Labute approximate surface area is 144 Å². The van der Waals surface area contributed by atoms with Gasteiger partial charge in [-0.15, -0.1) is 0 Å². The van der Waals surface area contributed by atoms with Gasteiger partial charge in [0.15, 0.2) is 8.32 Å². The molecule has 0 aliphatic heterocycles. The van der Waals surface area contributed by atoms with Crippen LogP contribution in [0, 0.1) is 11.3 Å². The van der Waals surface area contributed by atoms with E-state index >= 15 is 0 Å². The van der Waals surface area contributed by atoms with Gasteiger partial charge in [-0.05, 0) is 47.0 Å². The highest BCUT2D eigenvalue weighted by Gasteiger charge is 2.48. The van der Waals surface area contributed by atoms with Crippen LogP contribution in [0.25, 0.3) is 6.08 Å². The molecular weight excluding hydrogens is 296 g/mol. The first kappa shape index (κ1) is 18.5. The van der Waals surface area contributed by atoms with Crippen LogP contribution in [-0.2, 0) is 4.43 Å². The average molecular weight is 331 g/mol. The third kappa shape index (κ3) is 3.97. The predicted octanol–water partition coefficient (Wildman–Crippen LogP) is 6.53. The fourth-order valence-corrected chi connectivity index (χ4v) is 4.78. The molecule has 2 unspecified atom stereocenters. The van der Waals surface area contributed by atoms with E-state index in [0.29, 0.717) is 5.92 Å². The molecule has 1 nitrogen and oxygen atoms in total. The van der Waals surface area contributed by atoms with Crippen LogP contribution in [0.4, 0.5) is 0 Å². The molecule has 23 heavy (non-hydrogen) atoms. The van der Waals surface area contributed by atoms with Crippen molar-refractivity contribution in [2.75, 3.05) is 0 Å². The zero-order valence-electron chi connectivity index (χ0n) is 16.2. The van der Waals surface area contributed by atoms with Gasteiger partial charge in [0.1, 0.15) is 0 Å². The SMILES string of the molecule is CC1CC(C)(C)C(O[Si](C)(C)C(C)(C)C)/C1=C/c1ccccc1. The summed E-state index contributed by atoms with van der Waals surface area (Å²) >= 11 is 0. The van der Waals surface area contributed by atoms with E-state index in [0.717, 1.165) is 0 Å². The van der Waals surface area contributed by atoms with E-state index in [9.17, 15) is 0 Å². The van der Waals surface area contributed by atoms with Gasteiger partial charge in [0.2, 0.25) is 0 Å². The first-order valence-corrected chi connectivity index (χ1v) is 11.8. The van der Waals surface area contributed by atoms with Crippen LogP contribution in [0.15, 0.2) is 35.9 Å². The van der Waals surface area contributed by atoms with Crippen LogP contribution in [0.3, 0.4) is 0 Å². The summed E-state index contributed by atoms with van der Waals surface area (Å²) in [7, 11) is -1.79. The summed E-state index contributed by atoms with van der Waals surface area (Å²) in [6, 6.07) is 10.7. The summed E-state index contributed by atoms with van der Waals surface area (Å²) in [6.45, 7) is 18.8. The van der Waals surface area contributed by atoms with Crippen molar-refractivity contribution in [2.24, 2.45) is 11.3 Å². The fraction of sp³-hybridized carbons (Fsp3) is 0.619. The summed E-state index contributed by atoms with van der Waals surface area (Å²) in [6.07, 6.45) is 3.81. The normalized spacial score (nSPS) is 26.7. The Morgan fingerprint density at radius 3 is 2.22 bits per heavy atom. The molecule has 0 radical (unpaired) electrons. The summed E-state index contributed by atoms with van der Waals surface area (Å²) in [4.78, 5) is 0. The van der Waals surface area contributed by atoms with Crippen LogP contribution in [-0.4, -0.2) is 14.4 Å². The lowest BCUT2D eigenvalue weighted by Crippen LogP contribution is -2.46. The summed E-state index contributed by atoms with van der Waals surface area (Å²) in [5.74, 6) is 0.583. The topological polar surface area (TPSA) is 9.23 Å². The average Bonchev–Trinajstić information content (AvgIpc) is 2.61. The molecule has 0 heterocycles. The second-order valence-electron chi connectivity index (χ2n) is 9.41. The van der Waals surface area contributed by atoms with Crippen molar-refractivity contribution < 1.29 is 4.43 Å². The van der Waals surface area contributed by atoms with E-state index in [-0.39, 0.29) is 16.6 Å². The molecule has 128 valence electrons. The van der Waals surface area contributed by atoms with Gasteiger partial charge in [-0.1, -0.05) is 78.0 Å². The van der Waals surface area contributed by atoms with E-state index < -0.39 is 8.32 Å². The Kier molecular flexibility index (Phi) is 4.99.